The van der Waals surface area contributed by atoms with Crippen molar-refractivity contribution < 1.29 is 13.2 Å². The Hall–Kier alpha value is -1.11. The Labute approximate surface area is 111 Å². The molecule has 0 aliphatic carbocycles. The minimum Gasteiger partial charge on any atom is -0.311 e. The molecule has 5 nitrogen and oxygen atoms in total. The molecule has 1 amide bonds. The van der Waals surface area contributed by atoms with E-state index in [0.717, 1.165) is 5.56 Å². The first-order chi connectivity index (χ1) is 8.30. The third-order valence-electron chi connectivity index (χ3n) is 3.08. The molecule has 1 saturated heterocycles. The number of carbonyl (C=O) groups is 1. The molecule has 2 N–H and O–H groups in total. The highest BCUT2D eigenvalue weighted by molar-refractivity contribution is 7.89. The topological polar surface area (TPSA) is 80.5 Å². The van der Waals surface area contributed by atoms with Crippen molar-refractivity contribution >= 4 is 33.2 Å². The highest BCUT2D eigenvalue weighted by atomic mass is 35.5. The number of sulfonamides is 1. The van der Waals surface area contributed by atoms with Crippen LogP contribution in [0.4, 0.5) is 5.69 Å². The normalized spacial score (nSPS) is 20.5. The van der Waals surface area contributed by atoms with Gasteiger partial charge in [0.2, 0.25) is 15.9 Å². The van der Waals surface area contributed by atoms with Gasteiger partial charge in [0.15, 0.2) is 0 Å². The number of nitrogens with two attached hydrogens (primary N) is 1. The van der Waals surface area contributed by atoms with Crippen LogP contribution in [0.3, 0.4) is 0 Å². The van der Waals surface area contributed by atoms with Crippen LogP contribution in [0, 0.1) is 6.92 Å². The van der Waals surface area contributed by atoms with Crippen LogP contribution in [0.25, 0.3) is 0 Å². The molecule has 1 atom stereocenters. The van der Waals surface area contributed by atoms with Crippen LogP contribution in [-0.2, 0) is 14.8 Å². The lowest BCUT2D eigenvalue weighted by Gasteiger charge is -2.19. The third-order valence-corrected chi connectivity index (χ3v) is 4.74. The lowest BCUT2D eigenvalue weighted by Crippen LogP contribution is -2.32. The summed E-state index contributed by atoms with van der Waals surface area (Å²) in [6.07, 6.45) is -0.0786. The van der Waals surface area contributed by atoms with Gasteiger partial charge in [0.25, 0.3) is 0 Å². The summed E-state index contributed by atoms with van der Waals surface area (Å²) in [6.45, 7) is 1.87. The number of carbonyl (C=O) groups excluding carboxylic acids is 1. The molecule has 1 aliphatic heterocycles. The fraction of sp³-hybridized carbons (Fsp3) is 0.364. The van der Waals surface area contributed by atoms with Gasteiger partial charge >= 0.3 is 0 Å². The van der Waals surface area contributed by atoms with E-state index in [1.54, 1.807) is 25.1 Å². The van der Waals surface area contributed by atoms with Gasteiger partial charge in [-0.25, -0.2) is 13.6 Å². The smallest absolute Gasteiger partial charge is 0.228 e. The molecule has 0 aromatic heterocycles. The van der Waals surface area contributed by atoms with E-state index >= 15 is 0 Å². The first-order valence-corrected chi connectivity index (χ1v) is 7.36. The summed E-state index contributed by atoms with van der Waals surface area (Å²) < 4.78 is 22.6. The molecular weight excluding hydrogens is 276 g/mol. The standard InChI is InChI=1S/C11H13ClN2O3S/c1-7-9(12)3-2-4-10(7)14-6-8(5-11(14)15)18(13,16)17/h2-4,8H,5-6H2,1H3,(H2,13,16,17). The van der Waals surface area contributed by atoms with Crippen molar-refractivity contribution in [1.82, 2.24) is 0 Å². The first kappa shape index (κ1) is 13.3. The SMILES string of the molecule is Cc1c(Cl)cccc1N1CC(S(N)(=O)=O)CC1=O. The summed E-state index contributed by atoms with van der Waals surface area (Å²) in [4.78, 5) is 13.3. The zero-order valence-corrected chi connectivity index (χ0v) is 11.3. The second-order valence-electron chi connectivity index (χ2n) is 4.30. The molecule has 1 aromatic carbocycles. The van der Waals surface area contributed by atoms with Gasteiger partial charge in [0, 0.05) is 23.7 Å². The van der Waals surface area contributed by atoms with Crippen molar-refractivity contribution in [2.45, 2.75) is 18.6 Å². The Morgan fingerprint density at radius 2 is 2.11 bits per heavy atom. The molecule has 0 bridgehead atoms. The van der Waals surface area contributed by atoms with Crippen LogP contribution in [0.15, 0.2) is 18.2 Å². The fourth-order valence-electron chi connectivity index (χ4n) is 2.02. The van der Waals surface area contributed by atoms with Crippen LogP contribution >= 0.6 is 11.6 Å². The lowest BCUT2D eigenvalue weighted by molar-refractivity contribution is -0.117. The maximum Gasteiger partial charge on any atom is 0.228 e. The Morgan fingerprint density at radius 1 is 1.44 bits per heavy atom. The number of hydrogen-bond donors (Lipinski definition) is 1. The van der Waals surface area contributed by atoms with E-state index in [4.69, 9.17) is 16.7 Å². The molecule has 98 valence electrons. The van der Waals surface area contributed by atoms with Gasteiger partial charge in [-0.05, 0) is 24.6 Å². The van der Waals surface area contributed by atoms with E-state index < -0.39 is 15.3 Å². The van der Waals surface area contributed by atoms with Gasteiger partial charge < -0.3 is 4.90 Å². The van der Waals surface area contributed by atoms with Gasteiger partial charge in [-0.3, -0.25) is 4.79 Å². The monoisotopic (exact) mass is 288 g/mol. The van der Waals surface area contributed by atoms with E-state index in [-0.39, 0.29) is 18.9 Å². The first-order valence-electron chi connectivity index (χ1n) is 5.38. The summed E-state index contributed by atoms with van der Waals surface area (Å²) >= 11 is 5.99. The van der Waals surface area contributed by atoms with Gasteiger partial charge in [-0.15, -0.1) is 0 Å². The zero-order valence-electron chi connectivity index (χ0n) is 9.76. The molecule has 1 heterocycles. The van der Waals surface area contributed by atoms with Gasteiger partial charge in [-0.1, -0.05) is 17.7 Å². The van der Waals surface area contributed by atoms with E-state index in [9.17, 15) is 13.2 Å². The summed E-state index contributed by atoms with van der Waals surface area (Å²) in [6, 6.07) is 5.19. The second-order valence-corrected chi connectivity index (χ2v) is 6.56. The van der Waals surface area contributed by atoms with E-state index in [1.165, 1.54) is 4.90 Å². The third kappa shape index (κ3) is 2.36. The quantitative estimate of drug-likeness (QED) is 0.883. The molecule has 1 fully saturated rings. The zero-order chi connectivity index (χ0) is 13.5. The molecule has 2 rings (SSSR count). The average Bonchev–Trinajstić information content (AvgIpc) is 2.64. The van der Waals surface area contributed by atoms with Crippen molar-refractivity contribution in [2.24, 2.45) is 5.14 Å². The highest BCUT2D eigenvalue weighted by Gasteiger charge is 2.37. The van der Waals surface area contributed by atoms with Gasteiger partial charge in [0.1, 0.15) is 5.25 Å². The van der Waals surface area contributed by atoms with Crippen LogP contribution < -0.4 is 10.0 Å². The second kappa shape index (κ2) is 4.53. The van der Waals surface area contributed by atoms with E-state index in [2.05, 4.69) is 0 Å². The number of amides is 1. The summed E-state index contributed by atoms with van der Waals surface area (Å²) in [5, 5.41) is 4.78. The molecule has 1 aliphatic rings. The molecule has 1 unspecified atom stereocenters. The fourth-order valence-corrected chi connectivity index (χ4v) is 2.92. The van der Waals surface area contributed by atoms with Crippen molar-refractivity contribution in [2.75, 3.05) is 11.4 Å². The highest BCUT2D eigenvalue weighted by Crippen LogP contribution is 2.30. The largest absolute Gasteiger partial charge is 0.311 e. The molecule has 0 saturated carbocycles. The van der Waals surface area contributed by atoms with Crippen LogP contribution in [0.1, 0.15) is 12.0 Å². The maximum absolute atomic E-state index is 11.9. The summed E-state index contributed by atoms with van der Waals surface area (Å²) in [7, 11) is -3.69. The average molecular weight is 289 g/mol. The molecule has 7 heteroatoms. The van der Waals surface area contributed by atoms with Crippen molar-refractivity contribution in [1.29, 1.82) is 0 Å². The molecule has 18 heavy (non-hydrogen) atoms. The van der Waals surface area contributed by atoms with Crippen molar-refractivity contribution in [3.05, 3.63) is 28.8 Å². The minimum atomic E-state index is -3.69. The van der Waals surface area contributed by atoms with Crippen molar-refractivity contribution in [3.8, 4) is 0 Å². The summed E-state index contributed by atoms with van der Waals surface area (Å²) in [5.74, 6) is -0.251. The number of benzene rings is 1. The van der Waals surface area contributed by atoms with Crippen LogP contribution in [0.5, 0.6) is 0 Å². The predicted molar refractivity (Wildman–Crippen MR) is 70.1 cm³/mol. The Bertz CT molecular complexity index is 600. The maximum atomic E-state index is 11.9. The number of nitrogens with zero attached hydrogens (tertiary/aromatic N) is 1. The number of halogens is 1. The number of primary sulfonamides is 1. The number of hydrogen-bond acceptors (Lipinski definition) is 3. The summed E-state index contributed by atoms with van der Waals surface area (Å²) in [5.41, 5.74) is 1.39. The Kier molecular flexibility index (Phi) is 3.35. The molecule has 0 radical (unpaired) electrons. The van der Waals surface area contributed by atoms with E-state index in [1.807, 2.05) is 0 Å². The Morgan fingerprint density at radius 3 is 2.67 bits per heavy atom. The number of rotatable bonds is 2. The van der Waals surface area contributed by atoms with Crippen LogP contribution in [-0.4, -0.2) is 26.1 Å². The molecule has 1 aromatic rings. The minimum absolute atomic E-state index is 0.0786. The predicted octanol–water partition coefficient (Wildman–Crippen LogP) is 1.04. The molecular formula is C11H13ClN2O3S. The van der Waals surface area contributed by atoms with E-state index in [0.29, 0.717) is 10.7 Å². The van der Waals surface area contributed by atoms with Crippen LogP contribution in [0.2, 0.25) is 5.02 Å². The Balaban J connectivity index is 2.36. The van der Waals surface area contributed by atoms with Crippen molar-refractivity contribution in [3.63, 3.8) is 0 Å². The lowest BCUT2D eigenvalue weighted by atomic mass is 10.2. The van der Waals surface area contributed by atoms with Gasteiger partial charge in [-0.2, -0.15) is 0 Å². The molecule has 0 spiro atoms. The number of anilines is 1. The van der Waals surface area contributed by atoms with Gasteiger partial charge in [0.05, 0.1) is 0 Å².